The van der Waals surface area contributed by atoms with Crippen LogP contribution in [0.2, 0.25) is 0 Å². The highest BCUT2D eigenvalue weighted by atomic mass is 16.1. The highest BCUT2D eigenvalue weighted by Crippen LogP contribution is 2.15. The maximum atomic E-state index is 12.4. The number of hydrogen-bond acceptors (Lipinski definition) is 4. The van der Waals surface area contributed by atoms with Gasteiger partial charge in [0.1, 0.15) is 17.3 Å². The number of aromatic nitrogens is 2. The Balaban J connectivity index is 2.21. The number of hydrogen-bond donors (Lipinski definition) is 2. The lowest BCUT2D eigenvalue weighted by atomic mass is 10.2. The van der Waals surface area contributed by atoms with Gasteiger partial charge in [-0.25, -0.2) is 9.97 Å². The van der Waals surface area contributed by atoms with E-state index in [4.69, 9.17) is 0 Å². The van der Waals surface area contributed by atoms with Crippen LogP contribution in [0.15, 0.2) is 30.3 Å². The molecule has 2 rings (SSSR count). The van der Waals surface area contributed by atoms with Crippen LogP contribution in [0.4, 0.5) is 11.5 Å². The standard InChI is InChI=1S/C17H22N4O/c1-5-12(3)18-16-10-15(19-13(4)20-16)17(22)21-14-9-7-6-8-11(14)2/h6-10,12H,5H2,1-4H3,(H,21,22)(H,18,19,20). The van der Waals surface area contributed by atoms with Gasteiger partial charge in [0.15, 0.2) is 0 Å². The molecule has 1 atom stereocenters. The van der Waals surface area contributed by atoms with Crippen molar-refractivity contribution < 1.29 is 4.79 Å². The molecule has 0 saturated carbocycles. The molecule has 116 valence electrons. The molecule has 1 aromatic heterocycles. The fraction of sp³-hybridized carbons (Fsp3) is 0.353. The Labute approximate surface area is 131 Å². The number of benzene rings is 1. The molecule has 2 N–H and O–H groups in total. The summed E-state index contributed by atoms with van der Waals surface area (Å²) >= 11 is 0. The van der Waals surface area contributed by atoms with Crippen molar-refractivity contribution in [1.82, 2.24) is 9.97 Å². The van der Waals surface area contributed by atoms with Crippen LogP contribution in [0.3, 0.4) is 0 Å². The monoisotopic (exact) mass is 298 g/mol. The van der Waals surface area contributed by atoms with E-state index in [1.54, 1.807) is 13.0 Å². The number of carbonyl (C=O) groups excluding carboxylic acids is 1. The largest absolute Gasteiger partial charge is 0.368 e. The quantitative estimate of drug-likeness (QED) is 0.885. The maximum absolute atomic E-state index is 12.4. The summed E-state index contributed by atoms with van der Waals surface area (Å²) in [5.41, 5.74) is 2.17. The number of rotatable bonds is 5. The van der Waals surface area contributed by atoms with Gasteiger partial charge in [0.2, 0.25) is 0 Å². The number of aryl methyl sites for hydroxylation is 2. The molecule has 0 aliphatic heterocycles. The van der Waals surface area contributed by atoms with Crippen molar-refractivity contribution in [2.45, 2.75) is 40.2 Å². The van der Waals surface area contributed by atoms with Crippen molar-refractivity contribution >= 4 is 17.4 Å². The maximum Gasteiger partial charge on any atom is 0.274 e. The molecule has 1 heterocycles. The Morgan fingerprint density at radius 3 is 2.64 bits per heavy atom. The minimum Gasteiger partial charge on any atom is -0.368 e. The van der Waals surface area contributed by atoms with E-state index in [2.05, 4.69) is 34.4 Å². The van der Waals surface area contributed by atoms with Crippen LogP contribution in [-0.2, 0) is 0 Å². The van der Waals surface area contributed by atoms with Gasteiger partial charge in [0, 0.05) is 17.8 Å². The number of amides is 1. The van der Waals surface area contributed by atoms with Gasteiger partial charge in [-0.05, 0) is 38.8 Å². The first-order valence-electron chi connectivity index (χ1n) is 7.48. The third-order valence-electron chi connectivity index (χ3n) is 3.47. The van der Waals surface area contributed by atoms with Gasteiger partial charge in [-0.1, -0.05) is 25.1 Å². The highest BCUT2D eigenvalue weighted by Gasteiger charge is 2.12. The first-order chi connectivity index (χ1) is 10.5. The van der Waals surface area contributed by atoms with Crippen LogP contribution in [-0.4, -0.2) is 21.9 Å². The number of nitrogens with zero attached hydrogens (tertiary/aromatic N) is 2. The molecule has 5 nitrogen and oxygen atoms in total. The number of para-hydroxylation sites is 1. The average molecular weight is 298 g/mol. The number of nitrogens with one attached hydrogen (secondary N) is 2. The van der Waals surface area contributed by atoms with Gasteiger partial charge < -0.3 is 10.6 Å². The molecule has 1 amide bonds. The zero-order valence-corrected chi connectivity index (χ0v) is 13.5. The Morgan fingerprint density at radius 2 is 1.95 bits per heavy atom. The van der Waals surface area contributed by atoms with Crippen molar-refractivity contribution in [2.75, 3.05) is 10.6 Å². The summed E-state index contributed by atoms with van der Waals surface area (Å²) in [7, 11) is 0. The molecule has 0 radical (unpaired) electrons. The lowest BCUT2D eigenvalue weighted by Gasteiger charge is -2.13. The second-order valence-electron chi connectivity index (χ2n) is 5.41. The Bertz CT molecular complexity index is 669. The summed E-state index contributed by atoms with van der Waals surface area (Å²) in [4.78, 5) is 21.0. The molecule has 22 heavy (non-hydrogen) atoms. The summed E-state index contributed by atoms with van der Waals surface area (Å²) in [5.74, 6) is 1.02. The molecule has 0 fully saturated rings. The summed E-state index contributed by atoms with van der Waals surface area (Å²) in [6.07, 6.45) is 0.980. The molecular formula is C17H22N4O. The third-order valence-corrected chi connectivity index (χ3v) is 3.47. The topological polar surface area (TPSA) is 66.9 Å². The van der Waals surface area contributed by atoms with E-state index in [0.717, 1.165) is 17.7 Å². The minimum atomic E-state index is -0.230. The second kappa shape index (κ2) is 7.02. The smallest absolute Gasteiger partial charge is 0.274 e. The summed E-state index contributed by atoms with van der Waals surface area (Å²) in [6.45, 7) is 7.91. The van der Waals surface area contributed by atoms with E-state index in [1.165, 1.54) is 0 Å². The molecule has 1 aromatic carbocycles. The van der Waals surface area contributed by atoms with E-state index in [9.17, 15) is 4.79 Å². The summed E-state index contributed by atoms with van der Waals surface area (Å²) in [6, 6.07) is 9.64. The Morgan fingerprint density at radius 1 is 1.23 bits per heavy atom. The predicted molar refractivity (Wildman–Crippen MR) is 89.3 cm³/mol. The van der Waals surface area contributed by atoms with Crippen molar-refractivity contribution in [3.8, 4) is 0 Å². The van der Waals surface area contributed by atoms with Crippen molar-refractivity contribution in [2.24, 2.45) is 0 Å². The summed E-state index contributed by atoms with van der Waals surface area (Å²) in [5, 5.41) is 6.16. The second-order valence-corrected chi connectivity index (χ2v) is 5.41. The van der Waals surface area contributed by atoms with Crippen LogP contribution >= 0.6 is 0 Å². The zero-order valence-electron chi connectivity index (χ0n) is 13.5. The fourth-order valence-electron chi connectivity index (χ4n) is 2.01. The molecule has 0 spiro atoms. The average Bonchev–Trinajstić information content (AvgIpc) is 2.48. The van der Waals surface area contributed by atoms with Gasteiger partial charge in [0.05, 0.1) is 0 Å². The van der Waals surface area contributed by atoms with Gasteiger partial charge in [-0.3, -0.25) is 4.79 Å². The van der Waals surface area contributed by atoms with Crippen LogP contribution < -0.4 is 10.6 Å². The van der Waals surface area contributed by atoms with Gasteiger partial charge in [-0.15, -0.1) is 0 Å². The normalized spacial score (nSPS) is 11.8. The molecule has 2 aromatic rings. The van der Waals surface area contributed by atoms with Gasteiger partial charge >= 0.3 is 0 Å². The number of anilines is 2. The van der Waals surface area contributed by atoms with E-state index < -0.39 is 0 Å². The molecule has 0 bridgehead atoms. The Kier molecular flexibility index (Phi) is 5.09. The van der Waals surface area contributed by atoms with Gasteiger partial charge in [0.25, 0.3) is 5.91 Å². The van der Waals surface area contributed by atoms with Gasteiger partial charge in [-0.2, -0.15) is 0 Å². The van der Waals surface area contributed by atoms with E-state index in [0.29, 0.717) is 23.4 Å². The van der Waals surface area contributed by atoms with Crippen molar-refractivity contribution in [3.05, 3.63) is 47.4 Å². The van der Waals surface area contributed by atoms with E-state index in [1.807, 2.05) is 31.2 Å². The molecule has 5 heteroatoms. The molecule has 0 aliphatic carbocycles. The fourth-order valence-corrected chi connectivity index (χ4v) is 2.01. The summed E-state index contributed by atoms with van der Waals surface area (Å²) < 4.78 is 0. The number of carbonyl (C=O) groups is 1. The first kappa shape index (κ1) is 15.9. The first-order valence-corrected chi connectivity index (χ1v) is 7.48. The molecule has 1 unspecified atom stereocenters. The predicted octanol–water partition coefficient (Wildman–Crippen LogP) is 3.56. The third kappa shape index (κ3) is 4.04. The minimum absolute atomic E-state index is 0.230. The molecule has 0 aliphatic rings. The van der Waals surface area contributed by atoms with Crippen LogP contribution in [0.25, 0.3) is 0 Å². The highest BCUT2D eigenvalue weighted by molar-refractivity contribution is 6.03. The van der Waals surface area contributed by atoms with E-state index in [-0.39, 0.29) is 5.91 Å². The lowest BCUT2D eigenvalue weighted by Crippen LogP contribution is -2.19. The Hall–Kier alpha value is -2.43. The van der Waals surface area contributed by atoms with Crippen LogP contribution in [0.5, 0.6) is 0 Å². The van der Waals surface area contributed by atoms with Crippen molar-refractivity contribution in [3.63, 3.8) is 0 Å². The van der Waals surface area contributed by atoms with E-state index >= 15 is 0 Å². The SMILES string of the molecule is CCC(C)Nc1cc(C(=O)Nc2ccccc2C)nc(C)n1. The zero-order chi connectivity index (χ0) is 16.1. The molecular weight excluding hydrogens is 276 g/mol. The van der Waals surface area contributed by atoms with Crippen LogP contribution in [0, 0.1) is 13.8 Å². The van der Waals surface area contributed by atoms with Crippen molar-refractivity contribution in [1.29, 1.82) is 0 Å². The lowest BCUT2D eigenvalue weighted by molar-refractivity contribution is 0.102. The molecule has 0 saturated heterocycles. The van der Waals surface area contributed by atoms with Crippen LogP contribution in [0.1, 0.15) is 42.1 Å².